The third-order valence-corrected chi connectivity index (χ3v) is 5.13. The zero-order valence-corrected chi connectivity index (χ0v) is 17.7. The molecule has 3 aromatic carbocycles. The molecule has 0 aliphatic carbocycles. The summed E-state index contributed by atoms with van der Waals surface area (Å²) in [5, 5.41) is 16.0. The van der Waals surface area contributed by atoms with Crippen LogP contribution in [-0.4, -0.2) is 20.7 Å². The number of aryl methyl sites for hydroxylation is 2. The van der Waals surface area contributed by atoms with Crippen LogP contribution in [0, 0.1) is 17.0 Å². The first-order chi connectivity index (χ1) is 15.5. The van der Waals surface area contributed by atoms with Crippen LogP contribution in [0.5, 0.6) is 5.75 Å². The van der Waals surface area contributed by atoms with Crippen molar-refractivity contribution in [3.05, 3.63) is 100 Å². The number of hydrogen-bond donors (Lipinski definition) is 0. The summed E-state index contributed by atoms with van der Waals surface area (Å²) in [5.41, 5.74) is 4.04. The molecule has 0 unspecified atom stereocenters. The molecule has 1 aromatic heterocycles. The molecule has 0 saturated carbocycles. The van der Waals surface area contributed by atoms with Crippen molar-refractivity contribution in [1.29, 1.82) is 0 Å². The molecule has 7 nitrogen and oxygen atoms in total. The Hall–Kier alpha value is -4.26. The number of esters is 1. The van der Waals surface area contributed by atoms with Gasteiger partial charge in [-0.25, -0.2) is 4.79 Å². The molecule has 7 heteroatoms. The molecule has 0 amide bonds. The van der Waals surface area contributed by atoms with E-state index in [4.69, 9.17) is 4.74 Å². The number of para-hydroxylation sites is 1. The van der Waals surface area contributed by atoms with Crippen LogP contribution in [0.3, 0.4) is 0 Å². The number of carbonyl (C=O) groups is 1. The molecule has 0 aliphatic rings. The van der Waals surface area contributed by atoms with Crippen molar-refractivity contribution < 1.29 is 14.5 Å². The largest absolute Gasteiger partial charge is 0.422 e. The lowest BCUT2D eigenvalue weighted by Gasteiger charge is -2.13. The number of non-ortho nitro benzene ring substituents is 1. The zero-order valence-electron chi connectivity index (χ0n) is 17.7. The van der Waals surface area contributed by atoms with Crippen LogP contribution in [0.2, 0.25) is 0 Å². The van der Waals surface area contributed by atoms with Gasteiger partial charge in [0, 0.05) is 35.4 Å². The van der Waals surface area contributed by atoms with Crippen molar-refractivity contribution in [3.63, 3.8) is 0 Å². The Labute approximate surface area is 185 Å². The van der Waals surface area contributed by atoms with E-state index >= 15 is 0 Å². The summed E-state index contributed by atoms with van der Waals surface area (Å²) in [4.78, 5) is 23.6. The summed E-state index contributed by atoms with van der Waals surface area (Å²) in [5.74, 6) is -0.0673. The fraction of sp³-hybridized carbons (Fsp3) is 0.120. The Bertz CT molecular complexity index is 1300. The standard InChI is InChI=1S/C25H21N3O4/c1-3-27-24(19-12-9-13-20(16-19)28(30)31)23(17(2)26-27)21-14-7-8-15-22(21)32-25(29)18-10-5-4-6-11-18/h4-16H,3H2,1-2H3. The van der Waals surface area contributed by atoms with Gasteiger partial charge in [0.2, 0.25) is 0 Å². The fourth-order valence-corrected chi connectivity index (χ4v) is 3.69. The highest BCUT2D eigenvalue weighted by atomic mass is 16.6. The smallest absolute Gasteiger partial charge is 0.343 e. The maximum atomic E-state index is 12.7. The highest BCUT2D eigenvalue weighted by molar-refractivity contribution is 5.93. The number of nitro benzene ring substituents is 1. The number of benzene rings is 3. The minimum Gasteiger partial charge on any atom is -0.422 e. The zero-order chi connectivity index (χ0) is 22.7. The van der Waals surface area contributed by atoms with Crippen molar-refractivity contribution in [2.75, 3.05) is 0 Å². The van der Waals surface area contributed by atoms with Gasteiger partial charge in [-0.1, -0.05) is 48.5 Å². The summed E-state index contributed by atoms with van der Waals surface area (Å²) in [7, 11) is 0. The molecule has 0 fully saturated rings. The molecule has 4 rings (SSSR count). The second-order valence-corrected chi connectivity index (χ2v) is 7.18. The van der Waals surface area contributed by atoms with E-state index in [0.717, 1.165) is 17.0 Å². The van der Waals surface area contributed by atoms with Gasteiger partial charge in [0.15, 0.2) is 0 Å². The van der Waals surface area contributed by atoms with Crippen LogP contribution in [0.25, 0.3) is 22.4 Å². The van der Waals surface area contributed by atoms with E-state index in [1.165, 1.54) is 12.1 Å². The van der Waals surface area contributed by atoms with Crippen molar-refractivity contribution in [2.24, 2.45) is 0 Å². The molecule has 4 aromatic rings. The van der Waals surface area contributed by atoms with Gasteiger partial charge in [-0.2, -0.15) is 5.10 Å². The number of aromatic nitrogens is 2. The van der Waals surface area contributed by atoms with Crippen LogP contribution in [-0.2, 0) is 6.54 Å². The van der Waals surface area contributed by atoms with Crippen molar-refractivity contribution in [2.45, 2.75) is 20.4 Å². The van der Waals surface area contributed by atoms with Gasteiger partial charge in [-0.05, 0) is 32.0 Å². The van der Waals surface area contributed by atoms with E-state index in [0.29, 0.717) is 29.0 Å². The van der Waals surface area contributed by atoms with Crippen LogP contribution < -0.4 is 4.74 Å². The van der Waals surface area contributed by atoms with Crippen LogP contribution >= 0.6 is 0 Å². The lowest BCUT2D eigenvalue weighted by atomic mass is 9.98. The molecular formula is C25H21N3O4. The molecule has 1 heterocycles. The monoisotopic (exact) mass is 427 g/mol. The van der Waals surface area contributed by atoms with Crippen molar-refractivity contribution >= 4 is 11.7 Å². The second-order valence-electron chi connectivity index (χ2n) is 7.18. The van der Waals surface area contributed by atoms with Gasteiger partial charge in [0.1, 0.15) is 5.75 Å². The molecule has 0 atom stereocenters. The maximum absolute atomic E-state index is 12.7. The number of carbonyl (C=O) groups excluding carboxylic acids is 1. The summed E-state index contributed by atoms with van der Waals surface area (Å²) in [6.07, 6.45) is 0. The molecule has 0 aliphatic heterocycles. The lowest BCUT2D eigenvalue weighted by molar-refractivity contribution is -0.384. The molecule has 0 radical (unpaired) electrons. The van der Waals surface area contributed by atoms with E-state index in [2.05, 4.69) is 5.10 Å². The number of hydrogen-bond acceptors (Lipinski definition) is 5. The van der Waals surface area contributed by atoms with Crippen molar-refractivity contribution in [1.82, 2.24) is 9.78 Å². The molecule has 160 valence electrons. The highest BCUT2D eigenvalue weighted by Gasteiger charge is 2.23. The predicted molar refractivity (Wildman–Crippen MR) is 122 cm³/mol. The molecular weight excluding hydrogens is 406 g/mol. The Morgan fingerprint density at radius 3 is 2.47 bits per heavy atom. The molecule has 0 bridgehead atoms. The van der Waals surface area contributed by atoms with Gasteiger partial charge in [0.05, 0.1) is 21.9 Å². The Balaban J connectivity index is 1.85. The minimum absolute atomic E-state index is 0.00116. The molecule has 0 N–H and O–H groups in total. The normalized spacial score (nSPS) is 10.7. The topological polar surface area (TPSA) is 87.3 Å². The third-order valence-electron chi connectivity index (χ3n) is 5.13. The van der Waals surface area contributed by atoms with Gasteiger partial charge < -0.3 is 4.74 Å². The summed E-state index contributed by atoms with van der Waals surface area (Å²) >= 11 is 0. The number of nitrogens with zero attached hydrogens (tertiary/aromatic N) is 3. The van der Waals surface area contributed by atoms with Gasteiger partial charge in [-0.3, -0.25) is 14.8 Å². The molecule has 32 heavy (non-hydrogen) atoms. The molecule has 0 spiro atoms. The fourth-order valence-electron chi connectivity index (χ4n) is 3.69. The second kappa shape index (κ2) is 8.85. The van der Waals surface area contributed by atoms with Crippen LogP contribution in [0.1, 0.15) is 23.0 Å². The third kappa shape index (κ3) is 4.00. The Morgan fingerprint density at radius 2 is 1.75 bits per heavy atom. The van der Waals surface area contributed by atoms with E-state index in [1.54, 1.807) is 47.1 Å². The summed E-state index contributed by atoms with van der Waals surface area (Å²) in [6, 6.07) is 22.5. The van der Waals surface area contributed by atoms with Gasteiger partial charge in [-0.15, -0.1) is 0 Å². The Morgan fingerprint density at radius 1 is 1.03 bits per heavy atom. The first kappa shape index (κ1) is 21.0. The SMILES string of the molecule is CCn1nc(C)c(-c2ccccc2OC(=O)c2ccccc2)c1-c1cccc([N+](=O)[O-])c1. The Kier molecular flexibility index (Phi) is 5.81. The highest BCUT2D eigenvalue weighted by Crippen LogP contribution is 2.40. The summed E-state index contributed by atoms with van der Waals surface area (Å²) in [6.45, 7) is 4.40. The quantitative estimate of drug-likeness (QED) is 0.171. The predicted octanol–water partition coefficient (Wildman–Crippen LogP) is 5.67. The van der Waals surface area contributed by atoms with E-state index in [9.17, 15) is 14.9 Å². The number of rotatable bonds is 6. The van der Waals surface area contributed by atoms with Gasteiger partial charge in [0.25, 0.3) is 5.69 Å². The van der Waals surface area contributed by atoms with E-state index in [-0.39, 0.29) is 5.69 Å². The van der Waals surface area contributed by atoms with Gasteiger partial charge >= 0.3 is 5.97 Å². The van der Waals surface area contributed by atoms with Crippen LogP contribution in [0.15, 0.2) is 78.9 Å². The van der Waals surface area contributed by atoms with Crippen molar-refractivity contribution in [3.8, 4) is 28.1 Å². The number of nitro groups is 1. The first-order valence-corrected chi connectivity index (χ1v) is 10.2. The summed E-state index contributed by atoms with van der Waals surface area (Å²) < 4.78 is 7.56. The van der Waals surface area contributed by atoms with Crippen LogP contribution in [0.4, 0.5) is 5.69 Å². The number of ether oxygens (including phenoxy) is 1. The average Bonchev–Trinajstić information content (AvgIpc) is 3.16. The maximum Gasteiger partial charge on any atom is 0.343 e. The van der Waals surface area contributed by atoms with E-state index in [1.807, 2.05) is 38.1 Å². The van der Waals surface area contributed by atoms with E-state index < -0.39 is 10.9 Å². The lowest BCUT2D eigenvalue weighted by Crippen LogP contribution is -2.09. The average molecular weight is 427 g/mol. The first-order valence-electron chi connectivity index (χ1n) is 10.2. The molecule has 0 saturated heterocycles. The minimum atomic E-state index is -0.463.